The first kappa shape index (κ1) is 25.6. The number of methoxy groups -OCH3 is 1. The molecule has 1 N–H and O–H groups in total. The highest BCUT2D eigenvalue weighted by Crippen LogP contribution is 2.26. The van der Waals surface area contributed by atoms with Gasteiger partial charge in [-0.15, -0.1) is 5.10 Å². The SMILES string of the molecule is COc1ccc(-c2nc(OCc3ccc(F)cc3)nn2-c2ccc(NC(=O)c3ccc(F)c(C)c3)cc2)cc1. The fourth-order valence-corrected chi connectivity index (χ4v) is 3.86. The van der Waals surface area contributed by atoms with Crippen LogP contribution in [0.4, 0.5) is 14.5 Å². The van der Waals surface area contributed by atoms with E-state index in [9.17, 15) is 13.6 Å². The summed E-state index contributed by atoms with van der Waals surface area (Å²) in [4.78, 5) is 17.2. The van der Waals surface area contributed by atoms with E-state index in [2.05, 4.69) is 15.4 Å². The van der Waals surface area contributed by atoms with Gasteiger partial charge in [0.2, 0.25) is 0 Å². The molecule has 0 saturated heterocycles. The minimum Gasteiger partial charge on any atom is -0.497 e. The zero-order valence-corrected chi connectivity index (χ0v) is 21.2. The van der Waals surface area contributed by atoms with Gasteiger partial charge < -0.3 is 14.8 Å². The largest absolute Gasteiger partial charge is 0.497 e. The van der Waals surface area contributed by atoms with Crippen LogP contribution in [0.3, 0.4) is 0 Å². The van der Waals surface area contributed by atoms with Crippen molar-refractivity contribution >= 4 is 11.6 Å². The number of nitrogens with zero attached hydrogens (tertiary/aromatic N) is 3. The Morgan fingerprint density at radius 3 is 2.31 bits per heavy atom. The highest BCUT2D eigenvalue weighted by Gasteiger charge is 2.16. The van der Waals surface area contributed by atoms with Crippen LogP contribution in [0.15, 0.2) is 91.0 Å². The molecule has 0 saturated carbocycles. The van der Waals surface area contributed by atoms with Crippen LogP contribution in [-0.4, -0.2) is 27.8 Å². The number of benzene rings is 4. The molecule has 1 heterocycles. The number of hydrogen-bond donors (Lipinski definition) is 1. The van der Waals surface area contributed by atoms with Gasteiger partial charge in [0, 0.05) is 16.8 Å². The first-order chi connectivity index (χ1) is 18.9. The molecule has 0 aliphatic carbocycles. The van der Waals surface area contributed by atoms with E-state index in [1.807, 2.05) is 24.3 Å². The second-order valence-electron chi connectivity index (χ2n) is 8.74. The van der Waals surface area contributed by atoms with Crippen molar-refractivity contribution in [3.05, 3.63) is 119 Å². The third-order valence-corrected chi connectivity index (χ3v) is 6.01. The standard InChI is InChI=1S/C30H24F2N4O3/c1-19-17-22(7-16-27(19)32)29(37)33-24-10-12-25(13-11-24)36-28(21-5-14-26(38-2)15-6-21)34-30(35-36)39-18-20-3-8-23(31)9-4-20/h3-17H,18H2,1-2H3,(H,33,37). The lowest BCUT2D eigenvalue weighted by molar-refractivity contribution is 0.102. The van der Waals surface area contributed by atoms with Crippen molar-refractivity contribution in [1.82, 2.24) is 14.8 Å². The van der Waals surface area contributed by atoms with E-state index in [1.165, 1.54) is 30.3 Å². The zero-order valence-electron chi connectivity index (χ0n) is 21.2. The normalized spacial score (nSPS) is 10.8. The number of nitrogens with one attached hydrogen (secondary N) is 1. The molecule has 0 atom stereocenters. The van der Waals surface area contributed by atoms with E-state index < -0.39 is 0 Å². The molecule has 0 bridgehead atoms. The molecular formula is C30H24F2N4O3. The van der Waals surface area contributed by atoms with E-state index in [1.54, 1.807) is 55.1 Å². The quantitative estimate of drug-likeness (QED) is 0.255. The molecule has 0 aliphatic heterocycles. The first-order valence-electron chi connectivity index (χ1n) is 12.1. The number of carbonyl (C=O) groups excluding carboxylic acids is 1. The summed E-state index contributed by atoms with van der Waals surface area (Å²) in [7, 11) is 1.59. The second-order valence-corrected chi connectivity index (χ2v) is 8.74. The Morgan fingerprint density at radius 1 is 0.923 bits per heavy atom. The molecule has 7 nitrogen and oxygen atoms in total. The number of anilines is 1. The van der Waals surface area contributed by atoms with Crippen molar-refractivity contribution in [2.24, 2.45) is 0 Å². The minimum atomic E-state index is -0.364. The molecule has 0 spiro atoms. The molecule has 0 unspecified atom stereocenters. The zero-order chi connectivity index (χ0) is 27.4. The summed E-state index contributed by atoms with van der Waals surface area (Å²) < 4.78 is 39.5. The second kappa shape index (κ2) is 11.1. The van der Waals surface area contributed by atoms with E-state index in [4.69, 9.17) is 9.47 Å². The number of carbonyl (C=O) groups is 1. The molecule has 39 heavy (non-hydrogen) atoms. The number of rotatable bonds is 8. The Kier molecular flexibility index (Phi) is 7.31. The Labute approximate surface area is 223 Å². The molecule has 9 heteroatoms. The van der Waals surface area contributed by atoms with Crippen LogP contribution in [0, 0.1) is 18.6 Å². The Bertz CT molecular complexity index is 1600. The van der Waals surface area contributed by atoms with Crippen LogP contribution in [0.5, 0.6) is 11.8 Å². The monoisotopic (exact) mass is 526 g/mol. The van der Waals surface area contributed by atoms with Crippen molar-refractivity contribution < 1.29 is 23.0 Å². The molecule has 0 aliphatic rings. The van der Waals surface area contributed by atoms with Gasteiger partial charge in [0.05, 0.1) is 12.8 Å². The highest BCUT2D eigenvalue weighted by atomic mass is 19.1. The van der Waals surface area contributed by atoms with Gasteiger partial charge in [0.15, 0.2) is 5.82 Å². The summed E-state index contributed by atoms with van der Waals surface area (Å²) in [5, 5.41) is 7.36. The lowest BCUT2D eigenvalue weighted by atomic mass is 10.1. The Balaban J connectivity index is 1.40. The number of halogens is 2. The molecule has 196 valence electrons. The summed E-state index contributed by atoms with van der Waals surface area (Å²) in [5.41, 5.74) is 3.55. The predicted octanol–water partition coefficient (Wildman–Crippen LogP) is 6.36. The van der Waals surface area contributed by atoms with Crippen LogP contribution in [0.1, 0.15) is 21.5 Å². The van der Waals surface area contributed by atoms with Crippen molar-refractivity contribution in [2.45, 2.75) is 13.5 Å². The number of aryl methyl sites for hydroxylation is 1. The van der Waals surface area contributed by atoms with E-state index >= 15 is 0 Å². The van der Waals surface area contributed by atoms with Crippen molar-refractivity contribution in [3.8, 4) is 28.8 Å². The summed E-state index contributed by atoms with van der Waals surface area (Å²) >= 11 is 0. The van der Waals surface area contributed by atoms with E-state index in [0.29, 0.717) is 34.1 Å². The van der Waals surface area contributed by atoms with Gasteiger partial charge in [-0.3, -0.25) is 4.79 Å². The average molecular weight is 527 g/mol. The fourth-order valence-electron chi connectivity index (χ4n) is 3.86. The van der Waals surface area contributed by atoms with Gasteiger partial charge in [-0.05, 0) is 96.9 Å². The summed E-state index contributed by atoms with van der Waals surface area (Å²) in [5.74, 6) is 0.203. The number of ether oxygens (including phenoxy) is 2. The first-order valence-corrected chi connectivity index (χ1v) is 12.1. The molecule has 0 radical (unpaired) electrons. The maximum Gasteiger partial charge on any atom is 0.336 e. The molecule has 5 aromatic rings. The van der Waals surface area contributed by atoms with Gasteiger partial charge in [0.25, 0.3) is 5.91 Å². The molecule has 4 aromatic carbocycles. The smallest absolute Gasteiger partial charge is 0.336 e. The lowest BCUT2D eigenvalue weighted by Crippen LogP contribution is -2.12. The van der Waals surface area contributed by atoms with E-state index in [-0.39, 0.29) is 30.2 Å². The fraction of sp³-hybridized carbons (Fsp3) is 0.100. The summed E-state index contributed by atoms with van der Waals surface area (Å²) in [6.07, 6.45) is 0. The molecule has 1 amide bonds. The van der Waals surface area contributed by atoms with Crippen molar-refractivity contribution in [2.75, 3.05) is 12.4 Å². The van der Waals surface area contributed by atoms with Gasteiger partial charge in [-0.2, -0.15) is 4.98 Å². The Hall–Kier alpha value is -5.05. The predicted molar refractivity (Wildman–Crippen MR) is 143 cm³/mol. The topological polar surface area (TPSA) is 78.3 Å². The molecule has 0 fully saturated rings. The molecular weight excluding hydrogens is 502 g/mol. The van der Waals surface area contributed by atoms with Crippen LogP contribution in [0.2, 0.25) is 0 Å². The number of aromatic nitrogens is 3. The molecule has 1 aromatic heterocycles. The summed E-state index contributed by atoms with van der Waals surface area (Å²) in [6.45, 7) is 1.78. The van der Waals surface area contributed by atoms with Crippen LogP contribution >= 0.6 is 0 Å². The summed E-state index contributed by atoms with van der Waals surface area (Å²) in [6, 6.07) is 24.8. The number of hydrogen-bond acceptors (Lipinski definition) is 5. The van der Waals surface area contributed by atoms with Crippen LogP contribution in [0.25, 0.3) is 17.1 Å². The minimum absolute atomic E-state index is 0.147. The van der Waals surface area contributed by atoms with Gasteiger partial charge in [-0.1, -0.05) is 12.1 Å². The van der Waals surface area contributed by atoms with Gasteiger partial charge in [-0.25, -0.2) is 13.5 Å². The maximum atomic E-state index is 13.6. The van der Waals surface area contributed by atoms with Crippen LogP contribution in [-0.2, 0) is 6.61 Å². The lowest BCUT2D eigenvalue weighted by Gasteiger charge is -2.09. The van der Waals surface area contributed by atoms with Gasteiger partial charge in [0.1, 0.15) is 24.0 Å². The maximum absolute atomic E-state index is 13.6. The Morgan fingerprint density at radius 2 is 1.64 bits per heavy atom. The van der Waals surface area contributed by atoms with Crippen LogP contribution < -0.4 is 14.8 Å². The van der Waals surface area contributed by atoms with Crippen molar-refractivity contribution in [3.63, 3.8) is 0 Å². The highest BCUT2D eigenvalue weighted by molar-refractivity contribution is 6.04. The third kappa shape index (κ3) is 5.93. The average Bonchev–Trinajstić information content (AvgIpc) is 3.39. The third-order valence-electron chi connectivity index (χ3n) is 6.01. The number of amides is 1. The van der Waals surface area contributed by atoms with E-state index in [0.717, 1.165) is 11.1 Å². The van der Waals surface area contributed by atoms with Gasteiger partial charge >= 0.3 is 6.01 Å². The molecule has 5 rings (SSSR count). The van der Waals surface area contributed by atoms with Crippen molar-refractivity contribution in [1.29, 1.82) is 0 Å².